The first-order valence-electron chi connectivity index (χ1n) is 6.47. The summed E-state index contributed by atoms with van der Waals surface area (Å²) >= 11 is 0. The molecule has 17 heavy (non-hydrogen) atoms. The highest BCUT2D eigenvalue weighted by atomic mass is 16.2. The van der Waals surface area contributed by atoms with E-state index in [1.54, 1.807) is 4.90 Å². The van der Waals surface area contributed by atoms with Crippen LogP contribution in [0.2, 0.25) is 0 Å². The molecule has 2 N–H and O–H groups in total. The van der Waals surface area contributed by atoms with Gasteiger partial charge in [0.15, 0.2) is 0 Å². The van der Waals surface area contributed by atoms with Crippen molar-refractivity contribution in [2.24, 2.45) is 0 Å². The van der Waals surface area contributed by atoms with Gasteiger partial charge in [0.05, 0.1) is 12.6 Å². The van der Waals surface area contributed by atoms with Crippen LogP contribution in [-0.4, -0.2) is 48.9 Å². The molecule has 1 fully saturated rings. The van der Waals surface area contributed by atoms with E-state index in [9.17, 15) is 9.59 Å². The Morgan fingerprint density at radius 3 is 2.88 bits per heavy atom. The minimum absolute atomic E-state index is 0.0657. The average molecular weight is 241 g/mol. The summed E-state index contributed by atoms with van der Waals surface area (Å²) in [6, 6.07) is -0.0990. The molecule has 1 atom stereocenters. The number of amides is 2. The molecule has 1 saturated heterocycles. The Labute approximate surface area is 103 Å². The Balaban J connectivity index is 2.44. The van der Waals surface area contributed by atoms with Gasteiger partial charge in [-0.05, 0) is 32.7 Å². The van der Waals surface area contributed by atoms with Gasteiger partial charge in [0.2, 0.25) is 11.8 Å². The SMILES string of the molecule is CCCNC1CCCN(CC(=O)NCC)C1=O. The average Bonchev–Trinajstić information content (AvgIpc) is 2.30. The molecule has 0 aliphatic carbocycles. The number of hydrogen-bond donors (Lipinski definition) is 2. The Morgan fingerprint density at radius 2 is 2.24 bits per heavy atom. The van der Waals surface area contributed by atoms with Crippen molar-refractivity contribution < 1.29 is 9.59 Å². The van der Waals surface area contributed by atoms with Crippen molar-refractivity contribution in [3.8, 4) is 0 Å². The summed E-state index contributed by atoms with van der Waals surface area (Å²) < 4.78 is 0. The lowest BCUT2D eigenvalue weighted by Crippen LogP contribution is -2.53. The number of hydrogen-bond acceptors (Lipinski definition) is 3. The summed E-state index contributed by atoms with van der Waals surface area (Å²) in [7, 11) is 0. The third-order valence-electron chi connectivity index (χ3n) is 2.88. The van der Waals surface area contributed by atoms with Crippen LogP contribution < -0.4 is 10.6 Å². The lowest BCUT2D eigenvalue weighted by Gasteiger charge is -2.32. The third kappa shape index (κ3) is 4.34. The first kappa shape index (κ1) is 14.0. The molecular weight excluding hydrogens is 218 g/mol. The van der Waals surface area contributed by atoms with Gasteiger partial charge in [-0.15, -0.1) is 0 Å². The Hall–Kier alpha value is -1.10. The van der Waals surface area contributed by atoms with Crippen molar-refractivity contribution in [3.05, 3.63) is 0 Å². The molecule has 1 unspecified atom stereocenters. The highest BCUT2D eigenvalue weighted by molar-refractivity contribution is 5.88. The molecule has 0 saturated carbocycles. The molecule has 0 radical (unpaired) electrons. The van der Waals surface area contributed by atoms with Crippen LogP contribution in [0, 0.1) is 0 Å². The second kappa shape index (κ2) is 7.27. The maximum Gasteiger partial charge on any atom is 0.240 e. The molecule has 2 amide bonds. The van der Waals surface area contributed by atoms with Crippen LogP contribution >= 0.6 is 0 Å². The maximum absolute atomic E-state index is 12.1. The van der Waals surface area contributed by atoms with E-state index in [0.717, 1.165) is 25.8 Å². The predicted octanol–water partition coefficient (Wildman–Crippen LogP) is 0.113. The number of carbonyl (C=O) groups is 2. The van der Waals surface area contributed by atoms with Gasteiger partial charge < -0.3 is 15.5 Å². The lowest BCUT2D eigenvalue weighted by molar-refractivity contribution is -0.139. The molecule has 0 aromatic carbocycles. The Morgan fingerprint density at radius 1 is 1.47 bits per heavy atom. The maximum atomic E-state index is 12.1. The number of rotatable bonds is 6. The van der Waals surface area contributed by atoms with Crippen molar-refractivity contribution in [2.45, 2.75) is 39.2 Å². The van der Waals surface area contributed by atoms with Gasteiger partial charge in [0.1, 0.15) is 0 Å². The van der Waals surface area contributed by atoms with Gasteiger partial charge in [0.25, 0.3) is 0 Å². The smallest absolute Gasteiger partial charge is 0.240 e. The highest BCUT2D eigenvalue weighted by Crippen LogP contribution is 2.11. The Kier molecular flexibility index (Phi) is 5.97. The molecule has 1 aliphatic rings. The van der Waals surface area contributed by atoms with Crippen LogP contribution in [0.25, 0.3) is 0 Å². The first-order valence-corrected chi connectivity index (χ1v) is 6.47. The van der Waals surface area contributed by atoms with Crippen LogP contribution in [0.1, 0.15) is 33.1 Å². The fourth-order valence-corrected chi connectivity index (χ4v) is 2.03. The summed E-state index contributed by atoms with van der Waals surface area (Å²) in [5.74, 6) is -0.00653. The number of carbonyl (C=O) groups excluding carboxylic acids is 2. The molecule has 98 valence electrons. The lowest BCUT2D eigenvalue weighted by atomic mass is 10.0. The number of nitrogens with one attached hydrogen (secondary N) is 2. The summed E-state index contributed by atoms with van der Waals surface area (Å²) in [5, 5.41) is 5.95. The summed E-state index contributed by atoms with van der Waals surface area (Å²) in [4.78, 5) is 25.2. The standard InChI is InChI=1S/C12H23N3O2/c1-3-7-14-10-6-5-8-15(12(10)17)9-11(16)13-4-2/h10,14H,3-9H2,1-2H3,(H,13,16). The number of likely N-dealkylation sites (N-methyl/N-ethyl adjacent to an activating group) is 1. The zero-order valence-corrected chi connectivity index (χ0v) is 10.8. The van der Waals surface area contributed by atoms with Gasteiger partial charge in [-0.1, -0.05) is 6.92 Å². The van der Waals surface area contributed by atoms with E-state index >= 15 is 0 Å². The van der Waals surface area contributed by atoms with Crippen LogP contribution in [0.15, 0.2) is 0 Å². The van der Waals surface area contributed by atoms with E-state index < -0.39 is 0 Å². The van der Waals surface area contributed by atoms with Crippen LogP contribution in [0.4, 0.5) is 0 Å². The largest absolute Gasteiger partial charge is 0.355 e. The van der Waals surface area contributed by atoms with Gasteiger partial charge in [-0.2, -0.15) is 0 Å². The first-order chi connectivity index (χ1) is 8.19. The van der Waals surface area contributed by atoms with Crippen LogP contribution in [0.5, 0.6) is 0 Å². The minimum Gasteiger partial charge on any atom is -0.355 e. The molecule has 5 heteroatoms. The Bertz CT molecular complexity index is 268. The highest BCUT2D eigenvalue weighted by Gasteiger charge is 2.28. The van der Waals surface area contributed by atoms with Crippen LogP contribution in [-0.2, 0) is 9.59 Å². The van der Waals surface area contributed by atoms with E-state index in [-0.39, 0.29) is 24.4 Å². The van der Waals surface area contributed by atoms with Crippen molar-refractivity contribution >= 4 is 11.8 Å². The van der Waals surface area contributed by atoms with Crippen LogP contribution in [0.3, 0.4) is 0 Å². The van der Waals surface area contributed by atoms with Gasteiger partial charge in [-0.3, -0.25) is 9.59 Å². The van der Waals surface area contributed by atoms with E-state index in [1.165, 1.54) is 0 Å². The zero-order chi connectivity index (χ0) is 12.7. The van der Waals surface area contributed by atoms with Crippen molar-refractivity contribution in [2.75, 3.05) is 26.2 Å². The molecule has 5 nitrogen and oxygen atoms in total. The summed E-state index contributed by atoms with van der Waals surface area (Å²) in [6.45, 7) is 6.30. The molecule has 0 spiro atoms. The molecule has 1 aliphatic heterocycles. The quantitative estimate of drug-likeness (QED) is 0.694. The molecule has 0 aromatic heterocycles. The minimum atomic E-state index is -0.0990. The monoisotopic (exact) mass is 241 g/mol. The predicted molar refractivity (Wildman–Crippen MR) is 66.6 cm³/mol. The normalized spacial score (nSPS) is 20.5. The van der Waals surface area contributed by atoms with Gasteiger partial charge in [0, 0.05) is 13.1 Å². The fourth-order valence-electron chi connectivity index (χ4n) is 2.03. The third-order valence-corrected chi connectivity index (χ3v) is 2.88. The summed E-state index contributed by atoms with van der Waals surface area (Å²) in [6.07, 6.45) is 2.86. The molecule has 0 aromatic rings. The van der Waals surface area contributed by atoms with E-state index in [0.29, 0.717) is 13.1 Å². The van der Waals surface area contributed by atoms with Crippen molar-refractivity contribution in [1.82, 2.24) is 15.5 Å². The molecule has 1 rings (SSSR count). The number of likely N-dealkylation sites (tertiary alicyclic amines) is 1. The van der Waals surface area contributed by atoms with Crippen molar-refractivity contribution in [1.29, 1.82) is 0 Å². The van der Waals surface area contributed by atoms with Gasteiger partial charge in [-0.25, -0.2) is 0 Å². The second-order valence-electron chi connectivity index (χ2n) is 4.36. The number of piperidine rings is 1. The molecule has 0 bridgehead atoms. The van der Waals surface area contributed by atoms with E-state index in [1.807, 2.05) is 6.92 Å². The molecule has 1 heterocycles. The number of nitrogens with zero attached hydrogens (tertiary/aromatic N) is 1. The fraction of sp³-hybridized carbons (Fsp3) is 0.833. The topological polar surface area (TPSA) is 61.4 Å². The van der Waals surface area contributed by atoms with E-state index in [2.05, 4.69) is 17.6 Å². The van der Waals surface area contributed by atoms with E-state index in [4.69, 9.17) is 0 Å². The summed E-state index contributed by atoms with van der Waals surface area (Å²) in [5.41, 5.74) is 0. The zero-order valence-electron chi connectivity index (χ0n) is 10.8. The van der Waals surface area contributed by atoms with Crippen molar-refractivity contribution in [3.63, 3.8) is 0 Å². The second-order valence-corrected chi connectivity index (χ2v) is 4.36. The molecular formula is C12H23N3O2. The van der Waals surface area contributed by atoms with Gasteiger partial charge >= 0.3 is 0 Å².